The minimum atomic E-state index is 0. The van der Waals surface area contributed by atoms with Crippen molar-refractivity contribution < 1.29 is 42.5 Å². The Morgan fingerprint density at radius 1 is 1.08 bits per heavy atom. The maximum Gasteiger partial charge on any atom is 0.0943 e. The van der Waals surface area contributed by atoms with Gasteiger partial charge in [0.1, 0.15) is 0 Å². The van der Waals surface area contributed by atoms with E-state index in [0.717, 1.165) is 5.75 Å². The Morgan fingerprint density at radius 2 is 1.58 bits per heavy atom. The van der Waals surface area contributed by atoms with Crippen LogP contribution in [0.25, 0.3) is 0 Å². The summed E-state index contributed by atoms with van der Waals surface area (Å²) in [5, 5.41) is 0. The molecule has 2 heteroatoms. The van der Waals surface area contributed by atoms with Crippen LogP contribution in [-0.2, 0) is 0 Å². The van der Waals surface area contributed by atoms with Crippen molar-refractivity contribution in [1.29, 1.82) is 0 Å². The molecule has 0 amide bonds. The Bertz CT molecular complexity index is 216. The minimum absolute atomic E-state index is 0. The van der Waals surface area contributed by atoms with Crippen molar-refractivity contribution in [2.45, 2.75) is 13.8 Å². The SMILES string of the molecule is COc1ccc([C-](C)C)cc1.[Ho]. The van der Waals surface area contributed by atoms with Crippen LogP contribution in [0.15, 0.2) is 24.3 Å². The average molecular weight is 314 g/mol. The monoisotopic (exact) mass is 314 g/mol. The van der Waals surface area contributed by atoms with Crippen LogP contribution in [0, 0.1) is 43.7 Å². The van der Waals surface area contributed by atoms with Crippen LogP contribution < -0.4 is 4.74 Å². The number of hydrogen-bond acceptors (Lipinski definition) is 1. The fourth-order valence-corrected chi connectivity index (χ4v) is 0.924. The zero-order valence-corrected chi connectivity index (χ0v) is 9.45. The van der Waals surface area contributed by atoms with E-state index in [1.54, 1.807) is 7.11 Å². The number of ether oxygens (including phenoxy) is 1. The van der Waals surface area contributed by atoms with E-state index in [0.29, 0.717) is 0 Å². The van der Waals surface area contributed by atoms with Crippen LogP contribution in [0.2, 0.25) is 0 Å². The molecule has 0 fully saturated rings. The molecule has 0 aromatic heterocycles. The Labute approximate surface area is 104 Å². The molecule has 0 bridgehead atoms. The Kier molecular flexibility index (Phi) is 5.81. The van der Waals surface area contributed by atoms with Gasteiger partial charge in [-0.2, -0.15) is 23.6 Å². The number of methoxy groups -OCH3 is 1. The fourth-order valence-electron chi connectivity index (χ4n) is 0.924. The van der Waals surface area contributed by atoms with Crippen molar-refractivity contribution in [3.63, 3.8) is 0 Å². The summed E-state index contributed by atoms with van der Waals surface area (Å²) in [6.45, 7) is 4.20. The van der Waals surface area contributed by atoms with E-state index in [4.69, 9.17) is 4.74 Å². The maximum atomic E-state index is 5.04. The topological polar surface area (TPSA) is 9.23 Å². The van der Waals surface area contributed by atoms with Gasteiger partial charge in [0.25, 0.3) is 0 Å². The molecule has 0 saturated heterocycles. The first kappa shape index (κ1) is 12.1. The zero-order chi connectivity index (χ0) is 8.27. The minimum Gasteiger partial charge on any atom is -0.499 e. The largest absolute Gasteiger partial charge is 0.499 e. The summed E-state index contributed by atoms with van der Waals surface area (Å²) >= 11 is 0. The molecule has 12 heavy (non-hydrogen) atoms. The van der Waals surface area contributed by atoms with Gasteiger partial charge in [-0.15, -0.1) is 0 Å². The van der Waals surface area contributed by atoms with E-state index in [9.17, 15) is 0 Å². The molecule has 0 N–H and O–H groups in total. The van der Waals surface area contributed by atoms with E-state index in [2.05, 4.69) is 26.0 Å². The van der Waals surface area contributed by atoms with Crippen molar-refractivity contribution in [1.82, 2.24) is 0 Å². The standard InChI is InChI=1S/C10H13O.Ho/c1-8(2)9-4-6-10(11-3)7-5-9;/h4-7H,1-3H3;/q-1;. The Hall–Kier alpha value is 0.150. The predicted molar refractivity (Wildman–Crippen MR) is 46.7 cm³/mol. The van der Waals surface area contributed by atoms with Crippen LogP contribution in [0.1, 0.15) is 19.4 Å². The summed E-state index contributed by atoms with van der Waals surface area (Å²) in [6.07, 6.45) is 0. The van der Waals surface area contributed by atoms with E-state index < -0.39 is 0 Å². The molecule has 1 nitrogen and oxygen atoms in total. The van der Waals surface area contributed by atoms with Crippen molar-refractivity contribution >= 4 is 0 Å². The molecule has 71 valence electrons. The van der Waals surface area contributed by atoms with Gasteiger partial charge < -0.3 is 4.74 Å². The third kappa shape index (κ3) is 3.26. The van der Waals surface area contributed by atoms with Gasteiger partial charge in [-0.05, 0) is 0 Å². The molecule has 0 atom stereocenters. The normalized spacial score (nSPS) is 8.58. The Morgan fingerprint density at radius 3 is 1.92 bits per heavy atom. The molecule has 1 rings (SSSR count). The third-order valence-electron chi connectivity index (χ3n) is 1.67. The quantitative estimate of drug-likeness (QED) is 0.602. The first-order chi connectivity index (χ1) is 5.24. The number of hydrogen-bond donors (Lipinski definition) is 0. The van der Waals surface area contributed by atoms with Gasteiger partial charge in [0.2, 0.25) is 0 Å². The molecule has 0 unspecified atom stereocenters. The van der Waals surface area contributed by atoms with Crippen molar-refractivity contribution in [2.24, 2.45) is 0 Å². The van der Waals surface area contributed by atoms with Gasteiger partial charge in [-0.1, -0.05) is 26.0 Å². The summed E-state index contributed by atoms with van der Waals surface area (Å²) in [4.78, 5) is 0. The second-order valence-corrected chi connectivity index (χ2v) is 2.73. The van der Waals surface area contributed by atoms with Crippen molar-refractivity contribution in [2.75, 3.05) is 7.11 Å². The van der Waals surface area contributed by atoms with Crippen LogP contribution in [0.4, 0.5) is 0 Å². The van der Waals surface area contributed by atoms with Crippen LogP contribution in [-0.4, -0.2) is 7.11 Å². The Balaban J connectivity index is 0.00000121. The second kappa shape index (κ2) is 5.74. The van der Waals surface area contributed by atoms with Crippen LogP contribution >= 0.6 is 0 Å². The summed E-state index contributed by atoms with van der Waals surface area (Å²) in [6, 6.07) is 8.08. The number of rotatable bonds is 2. The molecule has 0 spiro atoms. The van der Waals surface area contributed by atoms with E-state index >= 15 is 0 Å². The molecule has 0 aliphatic carbocycles. The van der Waals surface area contributed by atoms with Crippen molar-refractivity contribution in [3.05, 3.63) is 35.7 Å². The maximum absolute atomic E-state index is 5.04. The molecule has 0 aliphatic heterocycles. The van der Waals surface area contributed by atoms with Gasteiger partial charge in [0.05, 0.1) is 12.9 Å². The van der Waals surface area contributed by atoms with E-state index in [1.165, 1.54) is 11.5 Å². The van der Waals surface area contributed by atoms with Crippen molar-refractivity contribution in [3.8, 4) is 5.75 Å². The summed E-state index contributed by atoms with van der Waals surface area (Å²) < 4.78 is 5.04. The molecule has 1 aromatic carbocycles. The smallest absolute Gasteiger partial charge is 0.0943 e. The van der Waals surface area contributed by atoms with Gasteiger partial charge in [-0.3, -0.25) is 0 Å². The molecule has 1 aromatic rings. The molecule has 0 aliphatic rings. The van der Waals surface area contributed by atoms with Gasteiger partial charge in [0, 0.05) is 37.7 Å². The van der Waals surface area contributed by atoms with E-state index in [-0.39, 0.29) is 37.7 Å². The van der Waals surface area contributed by atoms with Gasteiger partial charge in [-0.25, -0.2) is 0 Å². The molecular formula is C10H13HoO-. The van der Waals surface area contributed by atoms with E-state index in [1.807, 2.05) is 12.1 Å². The molecular weight excluding hydrogens is 301 g/mol. The predicted octanol–water partition coefficient (Wildman–Crippen LogP) is 2.66. The average Bonchev–Trinajstić information content (AvgIpc) is 2.05. The first-order valence-electron chi connectivity index (χ1n) is 3.68. The summed E-state index contributed by atoms with van der Waals surface area (Å²) in [5.74, 6) is 2.24. The van der Waals surface area contributed by atoms with Crippen LogP contribution in [0.5, 0.6) is 5.75 Å². The van der Waals surface area contributed by atoms with Gasteiger partial charge >= 0.3 is 0 Å². The zero-order valence-electron chi connectivity index (χ0n) is 7.52. The van der Waals surface area contributed by atoms with Gasteiger partial charge in [0.15, 0.2) is 0 Å². The molecule has 0 saturated carbocycles. The first-order valence-corrected chi connectivity index (χ1v) is 3.68. The third-order valence-corrected chi connectivity index (χ3v) is 1.67. The second-order valence-electron chi connectivity index (χ2n) is 2.73. The van der Waals surface area contributed by atoms with Crippen LogP contribution in [0.3, 0.4) is 0 Å². The summed E-state index contributed by atoms with van der Waals surface area (Å²) in [5.41, 5.74) is 1.27. The molecule has 1 radical (unpaired) electrons. The number of benzene rings is 1. The summed E-state index contributed by atoms with van der Waals surface area (Å²) in [7, 11) is 1.68. The molecule has 0 heterocycles. The fraction of sp³-hybridized carbons (Fsp3) is 0.300.